The van der Waals surface area contributed by atoms with Gasteiger partial charge < -0.3 is 25.0 Å². The highest BCUT2D eigenvalue weighted by atomic mass is 127. The maximum atomic E-state index is 5.75. The molecular weight excluding hydrogens is 529 g/mol. The van der Waals surface area contributed by atoms with E-state index in [0.717, 1.165) is 76.3 Å². The summed E-state index contributed by atoms with van der Waals surface area (Å²) in [4.78, 5) is 9.81. The molecule has 1 atom stereocenters. The van der Waals surface area contributed by atoms with Crippen molar-refractivity contribution in [2.75, 3.05) is 64.8 Å². The Kier molecular flexibility index (Phi) is 15.0. The maximum Gasteiger partial charge on any atom is 0.195 e. The minimum Gasteiger partial charge on any atom is -0.491 e. The number of nitrogens with zero attached hydrogens (tertiary/aromatic N) is 3. The molecule has 0 spiro atoms. The highest BCUT2D eigenvalue weighted by Crippen LogP contribution is 2.17. The van der Waals surface area contributed by atoms with Crippen LogP contribution in [-0.4, -0.2) is 87.4 Å². The third kappa shape index (κ3) is 12.8. The minimum absolute atomic E-state index is 0. The predicted octanol–water partition coefficient (Wildman–Crippen LogP) is 4.15. The summed E-state index contributed by atoms with van der Waals surface area (Å²) < 4.78 is 11.5. The molecule has 0 bridgehead atoms. The largest absolute Gasteiger partial charge is 0.491 e. The summed E-state index contributed by atoms with van der Waals surface area (Å²) in [5, 5.41) is 6.92. The van der Waals surface area contributed by atoms with E-state index in [1.54, 1.807) is 0 Å². The molecule has 190 valence electrons. The number of hydrogen-bond acceptors (Lipinski definition) is 5. The van der Waals surface area contributed by atoms with E-state index in [2.05, 4.69) is 48.3 Å². The van der Waals surface area contributed by atoms with Gasteiger partial charge in [0.15, 0.2) is 5.96 Å². The van der Waals surface area contributed by atoms with Gasteiger partial charge >= 0.3 is 0 Å². The van der Waals surface area contributed by atoms with Gasteiger partial charge in [-0.3, -0.25) is 9.89 Å². The number of halogens is 1. The van der Waals surface area contributed by atoms with Crippen molar-refractivity contribution in [1.29, 1.82) is 0 Å². The second-order valence-corrected chi connectivity index (χ2v) is 9.44. The number of rotatable bonds is 12. The van der Waals surface area contributed by atoms with Crippen molar-refractivity contribution in [3.05, 3.63) is 24.3 Å². The van der Waals surface area contributed by atoms with Gasteiger partial charge in [0.1, 0.15) is 5.75 Å². The number of benzene rings is 1. The van der Waals surface area contributed by atoms with Crippen molar-refractivity contribution in [1.82, 2.24) is 15.1 Å². The molecule has 0 saturated carbocycles. The Hall–Kier alpha value is -1.10. The van der Waals surface area contributed by atoms with Crippen LogP contribution in [0.3, 0.4) is 0 Å². The lowest BCUT2D eigenvalue weighted by atomic mass is 10.2. The van der Waals surface area contributed by atoms with E-state index in [0.29, 0.717) is 12.0 Å². The Bertz CT molecular complexity index is 661. The van der Waals surface area contributed by atoms with Crippen molar-refractivity contribution in [3.8, 4) is 5.75 Å². The molecule has 0 amide bonds. The first-order valence-electron chi connectivity index (χ1n) is 12.2. The summed E-state index contributed by atoms with van der Waals surface area (Å²) in [7, 11) is 2.19. The number of ether oxygens (including phenoxy) is 2. The third-order valence-corrected chi connectivity index (χ3v) is 5.37. The number of piperazine rings is 1. The van der Waals surface area contributed by atoms with Gasteiger partial charge in [0, 0.05) is 57.7 Å². The molecule has 1 aromatic carbocycles. The molecule has 2 rings (SSSR count). The van der Waals surface area contributed by atoms with Crippen LogP contribution >= 0.6 is 24.0 Å². The first-order chi connectivity index (χ1) is 15.3. The smallest absolute Gasteiger partial charge is 0.195 e. The fraction of sp³-hybridized carbons (Fsp3) is 0.720. The Balaban J connectivity index is 0.00000544. The second-order valence-electron chi connectivity index (χ2n) is 9.44. The Labute approximate surface area is 218 Å². The van der Waals surface area contributed by atoms with Crippen molar-refractivity contribution >= 4 is 35.6 Å². The van der Waals surface area contributed by atoms with Gasteiger partial charge in [0.2, 0.25) is 0 Å². The van der Waals surface area contributed by atoms with E-state index in [-0.39, 0.29) is 30.1 Å². The van der Waals surface area contributed by atoms with Crippen LogP contribution in [0.1, 0.15) is 41.0 Å². The summed E-state index contributed by atoms with van der Waals surface area (Å²) in [6, 6.07) is 8.47. The number of nitrogens with one attached hydrogen (secondary N) is 2. The van der Waals surface area contributed by atoms with Crippen LogP contribution < -0.4 is 15.4 Å². The number of likely N-dealkylation sites (N-methyl/N-ethyl adjacent to an activating group) is 1. The van der Waals surface area contributed by atoms with Crippen molar-refractivity contribution in [2.45, 2.75) is 53.2 Å². The SMILES string of the molecule is CC(C)COCCCNC(=NCC(C)N1CCN(C)CC1)Nc1ccc(OC(C)C)cc1.I. The molecule has 1 aliphatic heterocycles. The van der Waals surface area contributed by atoms with Crippen LogP contribution in [0.5, 0.6) is 5.75 Å². The zero-order valence-electron chi connectivity index (χ0n) is 21.5. The van der Waals surface area contributed by atoms with Gasteiger partial charge in [-0.15, -0.1) is 24.0 Å². The Morgan fingerprint density at radius 1 is 1.03 bits per heavy atom. The fourth-order valence-electron chi connectivity index (χ4n) is 3.47. The van der Waals surface area contributed by atoms with E-state index in [1.807, 2.05) is 38.1 Å². The summed E-state index contributed by atoms with van der Waals surface area (Å²) in [6.07, 6.45) is 1.12. The van der Waals surface area contributed by atoms with Gasteiger partial charge in [0.25, 0.3) is 0 Å². The average Bonchev–Trinajstić information content (AvgIpc) is 2.75. The first kappa shape index (κ1) is 29.9. The van der Waals surface area contributed by atoms with E-state index in [4.69, 9.17) is 14.5 Å². The molecule has 0 aromatic heterocycles. The number of guanidine groups is 1. The van der Waals surface area contributed by atoms with Gasteiger partial charge in [0.05, 0.1) is 12.6 Å². The fourth-order valence-corrected chi connectivity index (χ4v) is 3.47. The van der Waals surface area contributed by atoms with Crippen LogP contribution in [0.25, 0.3) is 0 Å². The third-order valence-electron chi connectivity index (χ3n) is 5.37. The molecule has 1 fully saturated rings. The van der Waals surface area contributed by atoms with Crippen LogP contribution in [0.15, 0.2) is 29.3 Å². The average molecular weight is 576 g/mol. The van der Waals surface area contributed by atoms with E-state index >= 15 is 0 Å². The molecule has 1 heterocycles. The molecule has 1 aromatic rings. The van der Waals surface area contributed by atoms with Crippen LogP contribution in [0.2, 0.25) is 0 Å². The molecule has 1 unspecified atom stereocenters. The highest BCUT2D eigenvalue weighted by Gasteiger charge is 2.18. The predicted molar refractivity (Wildman–Crippen MR) is 150 cm³/mol. The lowest BCUT2D eigenvalue weighted by Crippen LogP contribution is -2.49. The number of hydrogen-bond donors (Lipinski definition) is 2. The summed E-state index contributed by atoms with van der Waals surface area (Å²) in [5.74, 6) is 2.26. The molecule has 33 heavy (non-hydrogen) atoms. The van der Waals surface area contributed by atoms with E-state index in [9.17, 15) is 0 Å². The Morgan fingerprint density at radius 3 is 2.30 bits per heavy atom. The quantitative estimate of drug-likeness (QED) is 0.169. The number of anilines is 1. The monoisotopic (exact) mass is 575 g/mol. The van der Waals surface area contributed by atoms with E-state index < -0.39 is 0 Å². The first-order valence-corrected chi connectivity index (χ1v) is 12.2. The van der Waals surface area contributed by atoms with Crippen molar-refractivity contribution in [3.63, 3.8) is 0 Å². The number of aliphatic imine (C=N–C) groups is 1. The lowest BCUT2D eigenvalue weighted by Gasteiger charge is -2.35. The van der Waals surface area contributed by atoms with Crippen molar-refractivity contribution < 1.29 is 9.47 Å². The molecule has 1 aliphatic rings. The molecular formula is C25H46IN5O2. The van der Waals surface area contributed by atoms with Crippen LogP contribution in [-0.2, 0) is 4.74 Å². The molecule has 1 saturated heterocycles. The topological polar surface area (TPSA) is 61.4 Å². The molecule has 7 nitrogen and oxygen atoms in total. The summed E-state index contributed by atoms with van der Waals surface area (Å²) in [5.41, 5.74) is 0.996. The zero-order valence-corrected chi connectivity index (χ0v) is 23.8. The zero-order chi connectivity index (χ0) is 23.3. The van der Waals surface area contributed by atoms with E-state index in [1.165, 1.54) is 0 Å². The molecule has 0 radical (unpaired) electrons. The maximum absolute atomic E-state index is 5.75. The molecule has 2 N–H and O–H groups in total. The van der Waals surface area contributed by atoms with Gasteiger partial charge in [-0.1, -0.05) is 13.8 Å². The van der Waals surface area contributed by atoms with Gasteiger partial charge in [-0.2, -0.15) is 0 Å². The van der Waals surface area contributed by atoms with Crippen LogP contribution in [0, 0.1) is 5.92 Å². The van der Waals surface area contributed by atoms with Crippen molar-refractivity contribution in [2.24, 2.45) is 10.9 Å². The standard InChI is InChI=1S/C25H45N5O2.HI/c1-20(2)19-31-17-7-12-26-25(27-18-22(5)30-15-13-29(6)14-16-30)28-23-8-10-24(11-9-23)32-21(3)4;/h8-11,20-22H,7,12-19H2,1-6H3,(H2,26,27,28);1H. The molecule has 0 aliphatic carbocycles. The minimum atomic E-state index is 0. The van der Waals surface area contributed by atoms with Gasteiger partial charge in [-0.05, 0) is 64.4 Å². The lowest BCUT2D eigenvalue weighted by molar-refractivity contribution is 0.108. The van der Waals surface area contributed by atoms with Gasteiger partial charge in [-0.25, -0.2) is 0 Å². The summed E-state index contributed by atoms with van der Waals surface area (Å²) in [6.45, 7) is 18.3. The normalized spacial score (nSPS) is 16.5. The highest BCUT2D eigenvalue weighted by molar-refractivity contribution is 14.0. The summed E-state index contributed by atoms with van der Waals surface area (Å²) >= 11 is 0. The Morgan fingerprint density at radius 2 is 1.70 bits per heavy atom. The molecule has 8 heteroatoms. The second kappa shape index (κ2) is 16.5. The van der Waals surface area contributed by atoms with Crippen LogP contribution in [0.4, 0.5) is 5.69 Å².